The van der Waals surface area contributed by atoms with Crippen LogP contribution in [0, 0.1) is 0 Å². The van der Waals surface area contributed by atoms with Crippen LogP contribution in [-0.2, 0) is 6.54 Å². The smallest absolute Gasteiger partial charge is 0.322 e. The lowest BCUT2D eigenvalue weighted by Gasteiger charge is -2.15. The first-order valence-corrected chi connectivity index (χ1v) is 7.53. The fraction of sp³-hybridized carbons (Fsp3) is 0.375. The first-order valence-electron chi connectivity index (χ1n) is 7.53. The minimum Gasteiger partial charge on any atom is -0.497 e. The Hall–Kier alpha value is -2.54. The van der Waals surface area contributed by atoms with E-state index in [1.54, 1.807) is 29.1 Å². The number of nitrogens with one attached hydrogen (secondary N) is 1. The number of hydrogen-bond acceptors (Lipinski definition) is 4. The lowest BCUT2D eigenvalue weighted by Crippen LogP contribution is -2.33. The van der Waals surface area contributed by atoms with Crippen molar-refractivity contribution in [2.24, 2.45) is 0 Å². The number of carbonyl (C=O) groups is 1. The van der Waals surface area contributed by atoms with Crippen molar-refractivity contribution in [1.82, 2.24) is 14.7 Å². The molecule has 0 radical (unpaired) electrons. The fourth-order valence-corrected chi connectivity index (χ4v) is 2.56. The molecule has 1 fully saturated rings. The van der Waals surface area contributed by atoms with Gasteiger partial charge in [0.2, 0.25) is 0 Å². The first kappa shape index (κ1) is 15.4. The van der Waals surface area contributed by atoms with Crippen molar-refractivity contribution in [3.05, 3.63) is 42.2 Å². The van der Waals surface area contributed by atoms with Crippen molar-refractivity contribution in [1.29, 1.82) is 0 Å². The van der Waals surface area contributed by atoms with Crippen LogP contribution < -0.4 is 10.1 Å². The standard InChI is InChI=1S/C16H20N4O3/c1-23-15-4-2-12(3-5-15)9-20-10-13(8-17-20)18-16(22)19-7-6-14(21)11-19/h2-5,8,10,14,21H,6-7,9,11H2,1H3,(H,18,22). The molecule has 0 aliphatic carbocycles. The predicted molar refractivity (Wildman–Crippen MR) is 85.5 cm³/mol. The number of likely N-dealkylation sites (tertiary alicyclic amines) is 1. The highest BCUT2D eigenvalue weighted by Crippen LogP contribution is 2.15. The summed E-state index contributed by atoms with van der Waals surface area (Å²) in [6.07, 6.45) is 3.62. The van der Waals surface area contributed by atoms with Crippen molar-refractivity contribution in [3.8, 4) is 5.75 Å². The molecule has 1 saturated heterocycles. The summed E-state index contributed by atoms with van der Waals surface area (Å²) in [5.74, 6) is 0.815. The number of hydrogen-bond donors (Lipinski definition) is 2. The summed E-state index contributed by atoms with van der Waals surface area (Å²) >= 11 is 0. The van der Waals surface area contributed by atoms with E-state index < -0.39 is 6.10 Å². The number of aliphatic hydroxyl groups is 1. The normalized spacial score (nSPS) is 17.3. The Bertz CT molecular complexity index is 668. The molecule has 7 nitrogen and oxygen atoms in total. The number of rotatable bonds is 4. The van der Waals surface area contributed by atoms with Gasteiger partial charge in [-0.2, -0.15) is 5.10 Å². The van der Waals surface area contributed by atoms with Crippen molar-refractivity contribution < 1.29 is 14.6 Å². The van der Waals surface area contributed by atoms with Crippen LogP contribution in [0.25, 0.3) is 0 Å². The number of nitrogens with zero attached hydrogens (tertiary/aromatic N) is 3. The molecule has 2 amide bonds. The Kier molecular flexibility index (Phi) is 4.47. The van der Waals surface area contributed by atoms with E-state index in [-0.39, 0.29) is 6.03 Å². The third-order valence-electron chi connectivity index (χ3n) is 3.84. The number of β-amino-alcohol motifs (C(OH)–C–C–N with tert-alkyl or cyclic N) is 1. The number of aliphatic hydroxyl groups excluding tert-OH is 1. The van der Waals surface area contributed by atoms with Gasteiger partial charge in [0.25, 0.3) is 0 Å². The summed E-state index contributed by atoms with van der Waals surface area (Å²) in [6, 6.07) is 7.56. The molecule has 2 heterocycles. The number of benzene rings is 1. The third kappa shape index (κ3) is 3.81. The van der Waals surface area contributed by atoms with Crippen LogP contribution in [0.15, 0.2) is 36.7 Å². The highest BCUT2D eigenvalue weighted by Gasteiger charge is 2.24. The van der Waals surface area contributed by atoms with Gasteiger partial charge in [-0.3, -0.25) is 4.68 Å². The van der Waals surface area contributed by atoms with Gasteiger partial charge in [-0.1, -0.05) is 12.1 Å². The maximum Gasteiger partial charge on any atom is 0.322 e. The predicted octanol–water partition coefficient (Wildman–Crippen LogP) is 1.54. The van der Waals surface area contributed by atoms with Crippen LogP contribution in [0.1, 0.15) is 12.0 Å². The molecule has 0 spiro atoms. The van der Waals surface area contributed by atoms with Gasteiger partial charge in [-0.15, -0.1) is 0 Å². The van der Waals surface area contributed by atoms with E-state index in [1.165, 1.54) is 0 Å². The van der Waals surface area contributed by atoms with Crippen LogP contribution in [0.2, 0.25) is 0 Å². The van der Waals surface area contributed by atoms with Gasteiger partial charge in [-0.25, -0.2) is 4.79 Å². The second-order valence-electron chi connectivity index (χ2n) is 5.59. The van der Waals surface area contributed by atoms with Crippen molar-refractivity contribution in [2.75, 3.05) is 25.5 Å². The van der Waals surface area contributed by atoms with Crippen LogP contribution in [0.4, 0.5) is 10.5 Å². The Morgan fingerprint density at radius 1 is 1.43 bits per heavy atom. The van der Waals surface area contributed by atoms with E-state index >= 15 is 0 Å². The molecule has 1 aromatic carbocycles. The van der Waals surface area contributed by atoms with Gasteiger partial charge in [0.15, 0.2) is 0 Å². The lowest BCUT2D eigenvalue weighted by atomic mass is 10.2. The minimum absolute atomic E-state index is 0.203. The van der Waals surface area contributed by atoms with Crippen molar-refractivity contribution in [3.63, 3.8) is 0 Å². The van der Waals surface area contributed by atoms with Crippen LogP contribution in [0.3, 0.4) is 0 Å². The van der Waals surface area contributed by atoms with Gasteiger partial charge in [0, 0.05) is 19.3 Å². The van der Waals surface area contributed by atoms with E-state index in [9.17, 15) is 9.90 Å². The molecule has 122 valence electrons. The number of aromatic nitrogens is 2. The topological polar surface area (TPSA) is 79.6 Å². The van der Waals surface area contributed by atoms with Crippen LogP contribution >= 0.6 is 0 Å². The maximum atomic E-state index is 12.1. The van der Waals surface area contributed by atoms with Gasteiger partial charge in [-0.05, 0) is 24.1 Å². The summed E-state index contributed by atoms with van der Waals surface area (Å²) < 4.78 is 6.89. The number of methoxy groups -OCH3 is 1. The van der Waals surface area contributed by atoms with E-state index in [2.05, 4.69) is 10.4 Å². The van der Waals surface area contributed by atoms with Gasteiger partial charge in [0.1, 0.15) is 5.75 Å². The highest BCUT2D eigenvalue weighted by atomic mass is 16.5. The maximum absolute atomic E-state index is 12.1. The Morgan fingerprint density at radius 3 is 2.87 bits per heavy atom. The van der Waals surface area contributed by atoms with E-state index in [4.69, 9.17) is 4.74 Å². The van der Waals surface area contributed by atoms with E-state index in [1.807, 2.05) is 24.3 Å². The SMILES string of the molecule is COc1ccc(Cn2cc(NC(=O)N3CCC(O)C3)cn2)cc1. The van der Waals surface area contributed by atoms with Crippen molar-refractivity contribution in [2.45, 2.75) is 19.1 Å². The van der Waals surface area contributed by atoms with Gasteiger partial charge >= 0.3 is 6.03 Å². The number of ether oxygens (including phenoxy) is 1. The average molecular weight is 316 g/mol. The molecule has 7 heteroatoms. The molecule has 1 atom stereocenters. The van der Waals surface area contributed by atoms with Gasteiger partial charge < -0.3 is 20.1 Å². The molecule has 0 bridgehead atoms. The fourth-order valence-electron chi connectivity index (χ4n) is 2.56. The summed E-state index contributed by atoms with van der Waals surface area (Å²) in [4.78, 5) is 13.7. The molecule has 1 aliphatic rings. The monoisotopic (exact) mass is 316 g/mol. The van der Waals surface area contributed by atoms with E-state index in [0.717, 1.165) is 11.3 Å². The number of carbonyl (C=O) groups excluding carboxylic acids is 1. The Balaban J connectivity index is 1.58. The summed E-state index contributed by atoms with van der Waals surface area (Å²) in [5.41, 5.74) is 1.74. The molecule has 2 aromatic rings. The first-order chi connectivity index (χ1) is 11.1. The number of amides is 2. The second-order valence-corrected chi connectivity index (χ2v) is 5.59. The molecule has 1 unspecified atom stereocenters. The molecule has 1 aliphatic heterocycles. The molecule has 0 saturated carbocycles. The minimum atomic E-state index is -0.418. The van der Waals surface area contributed by atoms with Crippen LogP contribution in [0.5, 0.6) is 5.75 Å². The van der Waals surface area contributed by atoms with E-state index in [0.29, 0.717) is 31.7 Å². The largest absolute Gasteiger partial charge is 0.497 e. The summed E-state index contributed by atoms with van der Waals surface area (Å²) in [6.45, 7) is 1.57. The quantitative estimate of drug-likeness (QED) is 0.897. The molecular weight excluding hydrogens is 296 g/mol. The zero-order valence-electron chi connectivity index (χ0n) is 13.0. The Morgan fingerprint density at radius 2 is 2.22 bits per heavy atom. The van der Waals surface area contributed by atoms with Crippen molar-refractivity contribution >= 4 is 11.7 Å². The molecule has 2 N–H and O–H groups in total. The molecule has 1 aromatic heterocycles. The third-order valence-corrected chi connectivity index (χ3v) is 3.84. The van der Waals surface area contributed by atoms with Gasteiger partial charge in [0.05, 0.1) is 31.6 Å². The Labute approximate surface area is 134 Å². The van der Waals surface area contributed by atoms with Crippen LogP contribution in [-0.4, -0.2) is 52.1 Å². The zero-order valence-corrected chi connectivity index (χ0v) is 13.0. The molecular formula is C16H20N4O3. The number of urea groups is 1. The average Bonchev–Trinajstić information content (AvgIpc) is 3.17. The molecule has 23 heavy (non-hydrogen) atoms. The number of anilines is 1. The lowest BCUT2D eigenvalue weighted by molar-refractivity contribution is 0.176. The summed E-state index contributed by atoms with van der Waals surface area (Å²) in [5, 5.41) is 16.5. The second kappa shape index (κ2) is 6.70. The molecule has 3 rings (SSSR count). The zero-order chi connectivity index (χ0) is 16.2. The highest BCUT2D eigenvalue weighted by molar-refractivity contribution is 5.89. The summed E-state index contributed by atoms with van der Waals surface area (Å²) in [7, 11) is 1.64.